The number of hydrogen-bond donors (Lipinski definition) is 2. The van der Waals surface area contributed by atoms with Crippen LogP contribution >= 0.6 is 35.0 Å². The molecule has 0 unspecified atom stereocenters. The molecule has 3 rings (SSSR count). The Morgan fingerprint density at radius 3 is 2.83 bits per heavy atom. The van der Waals surface area contributed by atoms with Gasteiger partial charge in [-0.25, -0.2) is 0 Å². The maximum Gasteiger partial charge on any atom is 0.230 e. The van der Waals surface area contributed by atoms with Crippen LogP contribution in [-0.2, 0) is 4.79 Å². The van der Waals surface area contributed by atoms with Gasteiger partial charge in [0, 0.05) is 6.04 Å². The van der Waals surface area contributed by atoms with E-state index in [0.717, 1.165) is 18.4 Å². The first kappa shape index (κ1) is 17.4. The second-order valence-corrected chi connectivity index (χ2v) is 7.45. The summed E-state index contributed by atoms with van der Waals surface area (Å²) >= 11 is 13.3. The van der Waals surface area contributed by atoms with E-state index in [1.165, 1.54) is 11.8 Å². The summed E-state index contributed by atoms with van der Waals surface area (Å²) in [5, 5.41) is 12.5. The van der Waals surface area contributed by atoms with E-state index in [9.17, 15) is 4.79 Å². The summed E-state index contributed by atoms with van der Waals surface area (Å²) in [7, 11) is 0. The molecule has 0 spiro atoms. The predicted octanol–water partition coefficient (Wildman–Crippen LogP) is 3.47. The number of nitrogens with one attached hydrogen (secondary N) is 1. The number of anilines is 1. The smallest absolute Gasteiger partial charge is 0.230 e. The fourth-order valence-electron chi connectivity index (χ4n) is 2.34. The van der Waals surface area contributed by atoms with Gasteiger partial charge in [0.05, 0.1) is 21.8 Å². The van der Waals surface area contributed by atoms with Crippen molar-refractivity contribution >= 4 is 46.8 Å². The van der Waals surface area contributed by atoms with Crippen LogP contribution in [0.25, 0.3) is 0 Å². The Bertz CT molecular complexity index is 762. The number of thioether (sulfide) groups is 1. The lowest BCUT2D eigenvalue weighted by atomic mass is 10.1. The number of nitrogens with zero attached hydrogens (tertiary/aromatic N) is 3. The topological polar surface area (TPSA) is 85.8 Å². The van der Waals surface area contributed by atoms with Crippen LogP contribution in [0.5, 0.6) is 0 Å². The minimum atomic E-state index is -0.167. The first-order valence-corrected chi connectivity index (χ1v) is 9.27. The summed E-state index contributed by atoms with van der Waals surface area (Å²) in [6, 6.07) is 5.53. The fraction of sp³-hybridized carbons (Fsp3) is 0.400. The molecule has 2 aromatic rings. The van der Waals surface area contributed by atoms with Crippen molar-refractivity contribution in [3.63, 3.8) is 0 Å². The molecule has 1 aliphatic rings. The van der Waals surface area contributed by atoms with Crippen molar-refractivity contribution in [2.75, 3.05) is 11.5 Å². The highest BCUT2D eigenvalue weighted by Gasteiger charge is 2.29. The lowest BCUT2D eigenvalue weighted by Gasteiger charge is -2.15. The first-order chi connectivity index (χ1) is 11.5. The van der Waals surface area contributed by atoms with Crippen LogP contribution in [0, 0.1) is 0 Å². The summed E-state index contributed by atoms with van der Waals surface area (Å²) in [6.45, 7) is 1.90. The van der Waals surface area contributed by atoms with Gasteiger partial charge in [-0.15, -0.1) is 10.2 Å². The molecule has 1 aromatic heterocycles. The summed E-state index contributed by atoms with van der Waals surface area (Å²) < 4.78 is 1.90. The van der Waals surface area contributed by atoms with Gasteiger partial charge in [-0.3, -0.25) is 9.36 Å². The molecule has 6 nitrogen and oxygen atoms in total. The quantitative estimate of drug-likeness (QED) is 0.743. The molecule has 1 saturated carbocycles. The van der Waals surface area contributed by atoms with Crippen LogP contribution in [0.1, 0.15) is 37.4 Å². The SMILES string of the molecule is C[C@H](NC(=O)CSc1nnc(N)n1C1CC1)c1ccc(Cl)c(Cl)c1. The molecule has 9 heteroatoms. The largest absolute Gasteiger partial charge is 0.368 e. The number of amides is 1. The summed E-state index contributed by atoms with van der Waals surface area (Å²) in [4.78, 5) is 12.2. The van der Waals surface area contributed by atoms with E-state index in [0.29, 0.717) is 27.2 Å². The van der Waals surface area contributed by atoms with Gasteiger partial charge in [-0.05, 0) is 37.5 Å². The summed E-state index contributed by atoms with van der Waals surface area (Å²) in [5.74, 6) is 0.559. The number of hydrogen-bond acceptors (Lipinski definition) is 5. The van der Waals surface area contributed by atoms with Crippen LogP contribution in [0.15, 0.2) is 23.4 Å². The van der Waals surface area contributed by atoms with E-state index in [1.807, 2.05) is 17.6 Å². The molecule has 1 atom stereocenters. The van der Waals surface area contributed by atoms with Gasteiger partial charge in [0.15, 0.2) is 5.16 Å². The van der Waals surface area contributed by atoms with Gasteiger partial charge in [0.25, 0.3) is 0 Å². The van der Waals surface area contributed by atoms with E-state index >= 15 is 0 Å². The number of carbonyl (C=O) groups excluding carboxylic acids is 1. The molecule has 128 valence electrons. The third kappa shape index (κ3) is 3.96. The molecule has 0 radical (unpaired) electrons. The third-order valence-corrected chi connectivity index (χ3v) is 5.44. The Labute approximate surface area is 154 Å². The molecule has 1 fully saturated rings. The van der Waals surface area contributed by atoms with Gasteiger partial charge in [0.2, 0.25) is 11.9 Å². The molecular weight excluding hydrogens is 369 g/mol. The zero-order valence-electron chi connectivity index (χ0n) is 13.0. The van der Waals surface area contributed by atoms with Crippen molar-refractivity contribution < 1.29 is 4.79 Å². The Kier molecular flexibility index (Phi) is 5.22. The third-order valence-electron chi connectivity index (χ3n) is 3.76. The number of aromatic nitrogens is 3. The monoisotopic (exact) mass is 385 g/mol. The van der Waals surface area contributed by atoms with Gasteiger partial charge in [-0.2, -0.15) is 0 Å². The Morgan fingerprint density at radius 1 is 1.42 bits per heavy atom. The fourth-order valence-corrected chi connectivity index (χ4v) is 3.47. The van der Waals surface area contributed by atoms with Gasteiger partial charge in [-0.1, -0.05) is 41.0 Å². The van der Waals surface area contributed by atoms with Crippen LogP contribution < -0.4 is 11.1 Å². The van der Waals surface area contributed by atoms with E-state index < -0.39 is 0 Å². The first-order valence-electron chi connectivity index (χ1n) is 7.53. The van der Waals surface area contributed by atoms with E-state index in [-0.39, 0.29) is 17.7 Å². The normalized spacial score (nSPS) is 15.3. The minimum Gasteiger partial charge on any atom is -0.368 e. The predicted molar refractivity (Wildman–Crippen MR) is 96.4 cm³/mol. The molecule has 3 N–H and O–H groups in total. The summed E-state index contributed by atoms with van der Waals surface area (Å²) in [6.07, 6.45) is 2.16. The second-order valence-electron chi connectivity index (χ2n) is 5.69. The Balaban J connectivity index is 1.56. The molecule has 0 aliphatic heterocycles. The van der Waals surface area contributed by atoms with E-state index in [2.05, 4.69) is 15.5 Å². The second kappa shape index (κ2) is 7.21. The molecular formula is C15H17Cl2N5OS. The maximum atomic E-state index is 12.2. The molecule has 0 bridgehead atoms. The molecule has 1 aromatic carbocycles. The molecule has 1 heterocycles. The molecule has 1 amide bonds. The van der Waals surface area contributed by atoms with E-state index in [4.69, 9.17) is 28.9 Å². The van der Waals surface area contributed by atoms with Crippen molar-refractivity contribution in [1.82, 2.24) is 20.1 Å². The molecule has 24 heavy (non-hydrogen) atoms. The lowest BCUT2D eigenvalue weighted by Crippen LogP contribution is -2.28. The average molecular weight is 386 g/mol. The highest BCUT2D eigenvalue weighted by molar-refractivity contribution is 7.99. The zero-order valence-corrected chi connectivity index (χ0v) is 15.3. The van der Waals surface area contributed by atoms with Crippen molar-refractivity contribution in [3.05, 3.63) is 33.8 Å². The van der Waals surface area contributed by atoms with Crippen molar-refractivity contribution in [3.8, 4) is 0 Å². The van der Waals surface area contributed by atoms with Crippen LogP contribution in [0.3, 0.4) is 0 Å². The number of benzene rings is 1. The Hall–Kier alpha value is -1.44. The highest BCUT2D eigenvalue weighted by Crippen LogP contribution is 2.39. The molecule has 1 aliphatic carbocycles. The number of rotatable bonds is 6. The van der Waals surface area contributed by atoms with Crippen molar-refractivity contribution in [2.45, 2.75) is 37.0 Å². The van der Waals surface area contributed by atoms with Crippen molar-refractivity contribution in [1.29, 1.82) is 0 Å². The van der Waals surface area contributed by atoms with Gasteiger partial charge in [0.1, 0.15) is 0 Å². The number of carbonyl (C=O) groups is 1. The van der Waals surface area contributed by atoms with Crippen LogP contribution in [0.2, 0.25) is 10.0 Å². The minimum absolute atomic E-state index is 0.0949. The average Bonchev–Trinajstić information content (AvgIpc) is 3.31. The molecule has 0 saturated heterocycles. The van der Waals surface area contributed by atoms with Crippen molar-refractivity contribution in [2.24, 2.45) is 0 Å². The van der Waals surface area contributed by atoms with E-state index in [1.54, 1.807) is 12.1 Å². The standard InChI is InChI=1S/C15H17Cl2N5OS/c1-8(9-2-5-11(16)12(17)6-9)19-13(23)7-24-15-21-20-14(18)22(15)10-3-4-10/h2,5-6,8,10H,3-4,7H2,1H3,(H2,18,20)(H,19,23)/t8-/m0/s1. The Morgan fingerprint density at radius 2 is 2.17 bits per heavy atom. The zero-order chi connectivity index (χ0) is 17.3. The lowest BCUT2D eigenvalue weighted by molar-refractivity contribution is -0.119. The highest BCUT2D eigenvalue weighted by atomic mass is 35.5. The number of nitrogens with two attached hydrogens (primary N) is 1. The van der Waals surface area contributed by atoms with Gasteiger partial charge >= 0.3 is 0 Å². The van der Waals surface area contributed by atoms with Gasteiger partial charge < -0.3 is 11.1 Å². The number of nitrogen functional groups attached to an aromatic ring is 1. The summed E-state index contributed by atoms with van der Waals surface area (Å²) in [5.41, 5.74) is 6.72. The van der Waals surface area contributed by atoms with Crippen LogP contribution in [0.4, 0.5) is 5.95 Å². The number of halogens is 2. The maximum absolute atomic E-state index is 12.2. The van der Waals surface area contributed by atoms with Crippen LogP contribution in [-0.4, -0.2) is 26.4 Å².